The van der Waals surface area contributed by atoms with E-state index in [9.17, 15) is 19.2 Å². The first kappa shape index (κ1) is 45.7. The first-order chi connectivity index (χ1) is 23.5. The van der Waals surface area contributed by atoms with E-state index in [0.717, 1.165) is 0 Å². The highest BCUT2D eigenvalue weighted by atomic mass is 16.6. The van der Waals surface area contributed by atoms with Gasteiger partial charge >= 0.3 is 11.9 Å². The van der Waals surface area contributed by atoms with Crippen molar-refractivity contribution < 1.29 is 47.6 Å². The van der Waals surface area contributed by atoms with Crippen LogP contribution in [0.2, 0.25) is 0 Å². The van der Waals surface area contributed by atoms with E-state index in [1.807, 2.05) is 37.5 Å². The van der Waals surface area contributed by atoms with Gasteiger partial charge in [-0.2, -0.15) is 0 Å². The fourth-order valence-electron chi connectivity index (χ4n) is 4.87. The van der Waals surface area contributed by atoms with Gasteiger partial charge in [-0.25, -0.2) is 9.59 Å². The molecule has 14 heteroatoms. The molecule has 0 radical (unpaired) electrons. The van der Waals surface area contributed by atoms with Gasteiger partial charge < -0.3 is 39.1 Å². The zero-order valence-corrected chi connectivity index (χ0v) is 32.6. The molecule has 1 aliphatic heterocycles. The van der Waals surface area contributed by atoms with Gasteiger partial charge in [0.25, 0.3) is 0 Å². The zero-order valence-electron chi connectivity index (χ0n) is 32.6. The Bertz CT molecular complexity index is 902. The third-order valence-corrected chi connectivity index (χ3v) is 8.07. The van der Waals surface area contributed by atoms with Crippen LogP contribution in [0.5, 0.6) is 0 Å². The summed E-state index contributed by atoms with van der Waals surface area (Å²) in [4.78, 5) is 55.7. The molecule has 14 nitrogen and oxygen atoms in total. The number of carbonyl (C=O) groups excluding carboxylic acids is 4. The minimum absolute atomic E-state index is 0.0781. The first-order valence-corrected chi connectivity index (χ1v) is 18.3. The number of hydrogen-bond acceptors (Lipinski definition) is 12. The van der Waals surface area contributed by atoms with E-state index in [0.29, 0.717) is 91.9 Å². The molecule has 1 aliphatic rings. The van der Waals surface area contributed by atoms with Crippen LogP contribution in [0.25, 0.3) is 0 Å². The summed E-state index contributed by atoms with van der Waals surface area (Å²) in [6.45, 7) is 23.7. The highest BCUT2D eigenvalue weighted by molar-refractivity contribution is 5.86. The maximum absolute atomic E-state index is 13.1. The van der Waals surface area contributed by atoms with Crippen LogP contribution >= 0.6 is 0 Å². The lowest BCUT2D eigenvalue weighted by molar-refractivity contribution is -0.161. The molecule has 1 rings (SSSR count). The van der Waals surface area contributed by atoms with E-state index in [4.69, 9.17) is 28.4 Å². The lowest BCUT2D eigenvalue weighted by Crippen LogP contribution is -2.51. The molecule has 0 bridgehead atoms. The fourth-order valence-corrected chi connectivity index (χ4v) is 4.87. The molecule has 1 fully saturated rings. The summed E-state index contributed by atoms with van der Waals surface area (Å²) < 4.78 is 34.3. The predicted molar refractivity (Wildman–Crippen MR) is 191 cm³/mol. The summed E-state index contributed by atoms with van der Waals surface area (Å²) in [5.41, 5.74) is -1.31. The third-order valence-electron chi connectivity index (χ3n) is 8.07. The van der Waals surface area contributed by atoms with E-state index in [1.54, 1.807) is 41.5 Å². The lowest BCUT2D eigenvalue weighted by Gasteiger charge is -2.29. The van der Waals surface area contributed by atoms with Crippen LogP contribution in [0.1, 0.15) is 82.1 Å². The lowest BCUT2D eigenvalue weighted by atomic mass is 9.99. The summed E-state index contributed by atoms with van der Waals surface area (Å²) in [5.74, 6) is -1.59. The van der Waals surface area contributed by atoms with Crippen LogP contribution in [-0.4, -0.2) is 149 Å². The fraction of sp³-hybridized carbons (Fsp3) is 0.889. The molecular formula is C36H68N4O10. The first-order valence-electron chi connectivity index (χ1n) is 18.3. The Balaban J connectivity index is 2.70. The Morgan fingerprint density at radius 2 is 0.840 bits per heavy atom. The molecule has 0 unspecified atom stereocenters. The Morgan fingerprint density at radius 1 is 0.560 bits per heavy atom. The van der Waals surface area contributed by atoms with Gasteiger partial charge in [-0.15, -0.1) is 0 Å². The summed E-state index contributed by atoms with van der Waals surface area (Å²) >= 11 is 0. The summed E-state index contributed by atoms with van der Waals surface area (Å²) in [6, 6.07) is -1.48. The molecule has 0 aromatic heterocycles. The normalized spacial score (nSPS) is 19.9. The van der Waals surface area contributed by atoms with Gasteiger partial charge in [0.2, 0.25) is 11.8 Å². The van der Waals surface area contributed by atoms with Crippen molar-refractivity contribution in [3.8, 4) is 0 Å². The van der Waals surface area contributed by atoms with Crippen LogP contribution < -0.4 is 10.6 Å². The summed E-state index contributed by atoms with van der Waals surface area (Å²) in [7, 11) is 0. The van der Waals surface area contributed by atoms with Crippen LogP contribution in [0.3, 0.4) is 0 Å². The Labute approximate surface area is 300 Å². The minimum atomic E-state index is -0.738. The molecular weight excluding hydrogens is 648 g/mol. The predicted octanol–water partition coefficient (Wildman–Crippen LogP) is 2.42. The molecule has 2 N–H and O–H groups in total. The number of ether oxygens (including phenoxy) is 6. The number of esters is 2. The van der Waals surface area contributed by atoms with Gasteiger partial charge in [0.05, 0.1) is 65.9 Å². The second-order valence-electron chi connectivity index (χ2n) is 14.9. The smallest absolute Gasteiger partial charge is 0.329 e. The minimum Gasteiger partial charge on any atom is -0.458 e. The average Bonchev–Trinajstić information content (AvgIpc) is 3.01. The van der Waals surface area contributed by atoms with Crippen molar-refractivity contribution in [2.24, 2.45) is 11.8 Å². The molecule has 1 saturated heterocycles. The van der Waals surface area contributed by atoms with Gasteiger partial charge in [0.1, 0.15) is 23.3 Å². The van der Waals surface area contributed by atoms with Crippen molar-refractivity contribution in [1.82, 2.24) is 20.4 Å². The van der Waals surface area contributed by atoms with E-state index >= 15 is 0 Å². The topological polar surface area (TPSA) is 154 Å². The van der Waals surface area contributed by atoms with Crippen LogP contribution in [0.4, 0.5) is 0 Å². The number of nitrogens with zero attached hydrogens (tertiary/aromatic N) is 2. The third kappa shape index (κ3) is 21.1. The van der Waals surface area contributed by atoms with Crippen LogP contribution in [0.15, 0.2) is 0 Å². The summed E-state index contributed by atoms with van der Waals surface area (Å²) in [5, 5.41) is 5.78. The maximum atomic E-state index is 13.1. The van der Waals surface area contributed by atoms with Crippen molar-refractivity contribution >= 4 is 23.8 Å². The number of carbonyl (C=O) groups is 4. The average molecular weight is 717 g/mol. The van der Waals surface area contributed by atoms with E-state index < -0.39 is 35.2 Å². The van der Waals surface area contributed by atoms with Gasteiger partial charge in [-0.1, -0.05) is 40.5 Å². The van der Waals surface area contributed by atoms with Crippen molar-refractivity contribution in [3.63, 3.8) is 0 Å². The Morgan fingerprint density at radius 3 is 1.08 bits per heavy atom. The molecule has 0 saturated carbocycles. The van der Waals surface area contributed by atoms with Gasteiger partial charge in [0.15, 0.2) is 0 Å². The van der Waals surface area contributed by atoms with Crippen molar-refractivity contribution in [2.45, 2.75) is 105 Å². The van der Waals surface area contributed by atoms with Crippen molar-refractivity contribution in [1.29, 1.82) is 0 Å². The number of amides is 2. The molecule has 0 aromatic rings. The van der Waals surface area contributed by atoms with Gasteiger partial charge in [-0.3, -0.25) is 19.4 Å². The van der Waals surface area contributed by atoms with Crippen molar-refractivity contribution in [3.05, 3.63) is 0 Å². The highest BCUT2D eigenvalue weighted by Crippen LogP contribution is 2.16. The second kappa shape index (κ2) is 24.0. The monoisotopic (exact) mass is 716 g/mol. The molecule has 2 amide bonds. The van der Waals surface area contributed by atoms with Crippen LogP contribution in [0, 0.1) is 11.8 Å². The number of hydrogen-bond donors (Lipinski definition) is 2. The Hall–Kier alpha value is -2.36. The molecule has 0 aromatic carbocycles. The largest absolute Gasteiger partial charge is 0.458 e. The quantitative estimate of drug-likeness (QED) is 0.285. The molecule has 1 heterocycles. The molecule has 0 spiro atoms. The van der Waals surface area contributed by atoms with Gasteiger partial charge in [0, 0.05) is 26.2 Å². The van der Waals surface area contributed by atoms with E-state index in [2.05, 4.69) is 10.6 Å². The number of nitrogens with one attached hydrogen (secondary N) is 2. The van der Waals surface area contributed by atoms with Gasteiger partial charge in [-0.05, 0) is 53.4 Å². The summed E-state index contributed by atoms with van der Waals surface area (Å²) in [6.07, 6.45) is 1.42. The molecule has 292 valence electrons. The number of rotatable bonds is 12. The van der Waals surface area contributed by atoms with Crippen LogP contribution in [-0.2, 0) is 47.6 Å². The van der Waals surface area contributed by atoms with Crippen molar-refractivity contribution in [2.75, 3.05) is 92.1 Å². The second-order valence-corrected chi connectivity index (χ2v) is 14.9. The SMILES string of the molecule is CC[C@@H](C)[C@H](NC(=O)CN1CCOCCOCCN(CC(=O)N[C@H](C(=O)OC(C)(C)C)[C@@H](C)CC)CCOCCOCC1)C(=O)OC(C)(C)C. The Kier molecular flexibility index (Phi) is 21.9. The highest BCUT2D eigenvalue weighted by Gasteiger charge is 2.32. The van der Waals surface area contributed by atoms with E-state index in [-0.39, 0.29) is 36.7 Å². The van der Waals surface area contributed by atoms with E-state index in [1.165, 1.54) is 0 Å². The molecule has 50 heavy (non-hydrogen) atoms. The standard InChI is InChI=1S/C36H68N4O10/c1-11-27(3)31(33(43)49-35(5,6)7)37-29(41)25-39-13-17-45-21-23-47-19-15-40(16-20-48-24-22-46-18-14-39)26-30(42)38-32(28(4)12-2)34(44)50-36(8,9)10/h27-28,31-32H,11-26H2,1-10H3,(H,37,41)(H,38,42)/t27-,28+,31-,32-/m0/s1. The molecule has 4 atom stereocenters. The molecule has 0 aliphatic carbocycles. The zero-order chi connectivity index (χ0) is 37.7. The maximum Gasteiger partial charge on any atom is 0.329 e.